The van der Waals surface area contributed by atoms with Crippen molar-refractivity contribution in [3.05, 3.63) is 71.3 Å². The summed E-state index contributed by atoms with van der Waals surface area (Å²) in [4.78, 5) is 11.6. The van der Waals surface area contributed by atoms with Gasteiger partial charge < -0.3 is 5.32 Å². The minimum Gasteiger partial charge on any atom is -0.341 e. The van der Waals surface area contributed by atoms with Crippen molar-refractivity contribution in [2.24, 2.45) is 0 Å². The van der Waals surface area contributed by atoms with Crippen molar-refractivity contribution >= 4 is 5.91 Å². The number of benzene rings is 2. The van der Waals surface area contributed by atoms with E-state index in [1.165, 1.54) is 6.07 Å². The Kier molecular flexibility index (Phi) is 4.46. The molecular weight excluding hydrogens is 260 g/mol. The van der Waals surface area contributed by atoms with Crippen LogP contribution in [0.1, 0.15) is 15.9 Å². The van der Waals surface area contributed by atoms with Crippen LogP contribution in [-0.2, 0) is 0 Å². The van der Waals surface area contributed by atoms with Crippen LogP contribution in [-0.4, -0.2) is 12.5 Å². The van der Waals surface area contributed by atoms with Crippen molar-refractivity contribution in [1.29, 1.82) is 0 Å². The lowest BCUT2D eigenvalue weighted by Crippen LogP contribution is -2.25. The molecule has 0 aliphatic rings. The normalized spacial score (nSPS) is 9.50. The van der Waals surface area contributed by atoms with E-state index in [1.54, 1.807) is 0 Å². The highest BCUT2D eigenvalue weighted by molar-refractivity contribution is 5.94. The Hall–Kier alpha value is -2.67. The molecule has 100 valence electrons. The molecular formula is C16H11F2NO. The van der Waals surface area contributed by atoms with Gasteiger partial charge in [0.2, 0.25) is 0 Å². The van der Waals surface area contributed by atoms with E-state index in [2.05, 4.69) is 17.2 Å². The minimum atomic E-state index is -0.890. The molecule has 0 fully saturated rings. The number of carbonyl (C=O) groups is 1. The topological polar surface area (TPSA) is 29.1 Å². The van der Waals surface area contributed by atoms with Gasteiger partial charge in [0.1, 0.15) is 17.2 Å². The molecule has 0 aliphatic heterocycles. The van der Waals surface area contributed by atoms with E-state index < -0.39 is 23.1 Å². The third-order valence-electron chi connectivity index (χ3n) is 2.53. The van der Waals surface area contributed by atoms with Crippen LogP contribution in [0.3, 0.4) is 0 Å². The van der Waals surface area contributed by atoms with E-state index in [0.29, 0.717) is 0 Å². The lowest BCUT2D eigenvalue weighted by molar-refractivity contribution is 0.0950. The van der Waals surface area contributed by atoms with Crippen molar-refractivity contribution in [3.63, 3.8) is 0 Å². The largest absolute Gasteiger partial charge is 0.341 e. The van der Waals surface area contributed by atoms with Crippen LogP contribution in [0.4, 0.5) is 8.78 Å². The van der Waals surface area contributed by atoms with Gasteiger partial charge in [-0.15, -0.1) is 0 Å². The number of nitrogens with one attached hydrogen (secondary N) is 1. The zero-order chi connectivity index (χ0) is 14.4. The quantitative estimate of drug-likeness (QED) is 0.836. The van der Waals surface area contributed by atoms with Crippen molar-refractivity contribution in [1.82, 2.24) is 5.32 Å². The standard InChI is InChI=1S/C16H11F2NO/c17-13-9-4-10-14(18)15(13)16(20)19-11-5-8-12-6-2-1-3-7-12/h1-4,6-7,9-10H,11H2,(H,19,20). The molecule has 0 unspecified atom stereocenters. The maximum absolute atomic E-state index is 13.3. The van der Waals surface area contributed by atoms with E-state index in [9.17, 15) is 13.6 Å². The summed E-state index contributed by atoms with van der Waals surface area (Å²) in [5.74, 6) is 2.95. The highest BCUT2D eigenvalue weighted by Gasteiger charge is 2.15. The Labute approximate surface area is 115 Å². The molecule has 0 spiro atoms. The number of carbonyl (C=O) groups excluding carboxylic acids is 1. The van der Waals surface area contributed by atoms with E-state index in [-0.39, 0.29) is 6.54 Å². The van der Waals surface area contributed by atoms with Gasteiger partial charge in [-0.05, 0) is 24.3 Å². The van der Waals surface area contributed by atoms with Crippen LogP contribution in [0, 0.1) is 23.5 Å². The third kappa shape index (κ3) is 3.42. The summed E-state index contributed by atoms with van der Waals surface area (Å²) in [7, 11) is 0. The first-order valence-corrected chi connectivity index (χ1v) is 5.94. The number of hydrogen-bond donors (Lipinski definition) is 1. The maximum Gasteiger partial charge on any atom is 0.258 e. The third-order valence-corrected chi connectivity index (χ3v) is 2.53. The smallest absolute Gasteiger partial charge is 0.258 e. The predicted octanol–water partition coefficient (Wildman–Crippen LogP) is 2.75. The molecule has 1 N–H and O–H groups in total. The molecule has 2 aromatic carbocycles. The Bertz CT molecular complexity index is 652. The van der Waals surface area contributed by atoms with Crippen LogP contribution < -0.4 is 5.32 Å². The van der Waals surface area contributed by atoms with Crippen molar-refractivity contribution in [2.45, 2.75) is 0 Å². The number of amides is 1. The van der Waals surface area contributed by atoms with Gasteiger partial charge in [-0.3, -0.25) is 4.79 Å². The zero-order valence-electron chi connectivity index (χ0n) is 10.5. The highest BCUT2D eigenvalue weighted by atomic mass is 19.1. The lowest BCUT2D eigenvalue weighted by atomic mass is 10.2. The SMILES string of the molecule is O=C(NCC#Cc1ccccc1)c1c(F)cccc1F. The fraction of sp³-hybridized carbons (Fsp3) is 0.0625. The highest BCUT2D eigenvalue weighted by Crippen LogP contribution is 2.11. The first-order chi connectivity index (χ1) is 9.68. The molecule has 0 aromatic heterocycles. The van der Waals surface area contributed by atoms with Crippen molar-refractivity contribution in [3.8, 4) is 11.8 Å². The molecule has 0 atom stereocenters. The first kappa shape index (κ1) is 13.8. The van der Waals surface area contributed by atoms with Gasteiger partial charge in [-0.1, -0.05) is 36.1 Å². The van der Waals surface area contributed by atoms with Crippen LogP contribution in [0.15, 0.2) is 48.5 Å². The summed E-state index contributed by atoms with van der Waals surface area (Å²) in [6.07, 6.45) is 0. The lowest BCUT2D eigenvalue weighted by Gasteiger charge is -2.03. The second-order valence-corrected chi connectivity index (χ2v) is 3.95. The van der Waals surface area contributed by atoms with Crippen molar-refractivity contribution < 1.29 is 13.6 Å². The van der Waals surface area contributed by atoms with Gasteiger partial charge in [-0.25, -0.2) is 8.78 Å². The maximum atomic E-state index is 13.3. The molecule has 0 aliphatic carbocycles. The molecule has 0 saturated carbocycles. The van der Waals surface area contributed by atoms with E-state index in [0.717, 1.165) is 17.7 Å². The summed E-state index contributed by atoms with van der Waals surface area (Å²) >= 11 is 0. The molecule has 0 radical (unpaired) electrons. The van der Waals surface area contributed by atoms with E-state index in [1.807, 2.05) is 30.3 Å². The van der Waals surface area contributed by atoms with Crippen molar-refractivity contribution in [2.75, 3.05) is 6.54 Å². The number of hydrogen-bond acceptors (Lipinski definition) is 1. The molecule has 4 heteroatoms. The second-order valence-electron chi connectivity index (χ2n) is 3.95. The van der Waals surface area contributed by atoms with Crippen LogP contribution in [0.25, 0.3) is 0 Å². The Balaban J connectivity index is 1.99. The molecule has 20 heavy (non-hydrogen) atoms. The molecule has 1 amide bonds. The average molecular weight is 271 g/mol. The summed E-state index contributed by atoms with van der Waals surface area (Å²) < 4.78 is 26.7. The van der Waals surface area contributed by atoms with Gasteiger partial charge in [0, 0.05) is 5.56 Å². The molecule has 0 heterocycles. The van der Waals surface area contributed by atoms with Crippen LogP contribution in [0.2, 0.25) is 0 Å². The summed E-state index contributed by atoms with van der Waals surface area (Å²) in [5, 5.41) is 2.36. The predicted molar refractivity (Wildman–Crippen MR) is 72.0 cm³/mol. The van der Waals surface area contributed by atoms with Gasteiger partial charge >= 0.3 is 0 Å². The van der Waals surface area contributed by atoms with Gasteiger partial charge in [0.05, 0.1) is 6.54 Å². The molecule has 0 saturated heterocycles. The second kappa shape index (κ2) is 6.48. The minimum absolute atomic E-state index is 0.0154. The fourth-order valence-corrected chi connectivity index (χ4v) is 1.60. The molecule has 0 bridgehead atoms. The fourth-order valence-electron chi connectivity index (χ4n) is 1.60. The molecule has 2 rings (SSSR count). The van der Waals surface area contributed by atoms with Crippen LogP contribution >= 0.6 is 0 Å². The Morgan fingerprint density at radius 2 is 1.65 bits per heavy atom. The van der Waals surface area contributed by atoms with E-state index >= 15 is 0 Å². The van der Waals surface area contributed by atoms with Gasteiger partial charge in [-0.2, -0.15) is 0 Å². The summed E-state index contributed by atoms with van der Waals surface area (Å²) in [6.45, 7) is 0.0154. The van der Waals surface area contributed by atoms with E-state index in [4.69, 9.17) is 0 Å². The molecule has 2 aromatic rings. The van der Waals surface area contributed by atoms with Gasteiger partial charge in [0.15, 0.2) is 0 Å². The monoisotopic (exact) mass is 271 g/mol. The Morgan fingerprint density at radius 1 is 1.00 bits per heavy atom. The summed E-state index contributed by atoms with van der Waals surface area (Å²) in [5.41, 5.74) is 0.216. The average Bonchev–Trinajstić information content (AvgIpc) is 2.44. The summed E-state index contributed by atoms with van der Waals surface area (Å²) in [6, 6.07) is 12.5. The molecule has 2 nitrogen and oxygen atoms in total. The number of rotatable bonds is 2. The number of halogens is 2. The Morgan fingerprint density at radius 3 is 2.30 bits per heavy atom. The zero-order valence-corrected chi connectivity index (χ0v) is 10.5. The first-order valence-electron chi connectivity index (χ1n) is 5.94. The van der Waals surface area contributed by atoms with Crippen LogP contribution in [0.5, 0.6) is 0 Å². The van der Waals surface area contributed by atoms with Gasteiger partial charge in [0.25, 0.3) is 5.91 Å².